The zero-order valence-corrected chi connectivity index (χ0v) is 9.58. The molecule has 2 nitrogen and oxygen atoms in total. The third kappa shape index (κ3) is 2.95. The Hall–Kier alpha value is -1.09. The Morgan fingerprint density at radius 3 is 3.06 bits per heavy atom. The van der Waals surface area contributed by atoms with Gasteiger partial charge in [0.05, 0.1) is 6.10 Å². The van der Waals surface area contributed by atoms with Gasteiger partial charge in [-0.3, -0.25) is 0 Å². The van der Waals surface area contributed by atoms with E-state index in [2.05, 4.69) is 12.2 Å². The highest BCUT2D eigenvalue weighted by molar-refractivity contribution is 5.22. The van der Waals surface area contributed by atoms with Gasteiger partial charge in [0.2, 0.25) is 0 Å². The lowest BCUT2D eigenvalue weighted by atomic mass is 9.95. The second-order valence-electron chi connectivity index (χ2n) is 4.39. The summed E-state index contributed by atoms with van der Waals surface area (Å²) < 4.78 is 18.7. The van der Waals surface area contributed by atoms with Crippen LogP contribution < -0.4 is 10.1 Å². The fraction of sp³-hybridized carbons (Fsp3) is 0.538. The van der Waals surface area contributed by atoms with Gasteiger partial charge >= 0.3 is 0 Å². The first-order valence-corrected chi connectivity index (χ1v) is 5.88. The molecule has 2 rings (SSSR count). The molecule has 2 atom stereocenters. The first kappa shape index (κ1) is 11.4. The van der Waals surface area contributed by atoms with E-state index in [1.165, 1.54) is 25.0 Å². The van der Waals surface area contributed by atoms with Crippen molar-refractivity contribution in [1.29, 1.82) is 0 Å². The number of benzene rings is 1. The molecule has 0 spiro atoms. The number of piperidine rings is 1. The van der Waals surface area contributed by atoms with Crippen LogP contribution in [0.25, 0.3) is 0 Å². The van der Waals surface area contributed by atoms with Crippen molar-refractivity contribution in [3.8, 4) is 5.75 Å². The van der Waals surface area contributed by atoms with Crippen LogP contribution in [0.5, 0.6) is 5.75 Å². The number of hydrogen-bond acceptors (Lipinski definition) is 2. The molecule has 0 saturated carbocycles. The lowest BCUT2D eigenvalue weighted by Gasteiger charge is -2.28. The molecule has 0 aromatic heterocycles. The normalized spacial score (nSPS) is 22.8. The van der Waals surface area contributed by atoms with Crippen molar-refractivity contribution in [1.82, 2.24) is 5.32 Å². The maximum atomic E-state index is 13.0. The summed E-state index contributed by atoms with van der Waals surface area (Å²) in [5.41, 5.74) is 0. The van der Waals surface area contributed by atoms with E-state index in [1.54, 1.807) is 12.1 Å². The zero-order valence-electron chi connectivity index (χ0n) is 9.58. The van der Waals surface area contributed by atoms with Crippen molar-refractivity contribution in [2.75, 3.05) is 13.1 Å². The first-order chi connectivity index (χ1) is 7.75. The number of rotatable bonds is 3. The first-order valence-electron chi connectivity index (χ1n) is 5.88. The molecule has 16 heavy (non-hydrogen) atoms. The van der Waals surface area contributed by atoms with Gasteiger partial charge in [0.25, 0.3) is 0 Å². The van der Waals surface area contributed by atoms with Gasteiger partial charge in [0.15, 0.2) is 0 Å². The molecule has 2 unspecified atom stereocenters. The molecule has 1 aromatic rings. The zero-order chi connectivity index (χ0) is 11.4. The van der Waals surface area contributed by atoms with Gasteiger partial charge in [0.1, 0.15) is 11.6 Å². The summed E-state index contributed by atoms with van der Waals surface area (Å²) in [6, 6.07) is 6.35. The third-order valence-corrected chi connectivity index (χ3v) is 3.12. The van der Waals surface area contributed by atoms with E-state index in [-0.39, 0.29) is 11.9 Å². The molecule has 0 amide bonds. The molecule has 0 bridgehead atoms. The van der Waals surface area contributed by atoms with Crippen molar-refractivity contribution >= 4 is 0 Å². The predicted octanol–water partition coefficient (Wildman–Crippen LogP) is 2.59. The molecule has 1 N–H and O–H groups in total. The van der Waals surface area contributed by atoms with Crippen LogP contribution in [0.4, 0.5) is 4.39 Å². The monoisotopic (exact) mass is 223 g/mol. The quantitative estimate of drug-likeness (QED) is 0.850. The van der Waals surface area contributed by atoms with Gasteiger partial charge in [-0.2, -0.15) is 0 Å². The number of halogens is 1. The highest BCUT2D eigenvalue weighted by atomic mass is 19.1. The van der Waals surface area contributed by atoms with Crippen LogP contribution in [0.15, 0.2) is 24.3 Å². The van der Waals surface area contributed by atoms with E-state index in [4.69, 9.17) is 4.74 Å². The standard InChI is InChI=1S/C13H18FNO/c1-10(11-4-3-7-15-9-11)16-13-6-2-5-12(14)8-13/h2,5-6,8,10-11,15H,3-4,7,9H2,1H3. The van der Waals surface area contributed by atoms with Gasteiger partial charge in [-0.15, -0.1) is 0 Å². The molecule has 0 aliphatic carbocycles. The summed E-state index contributed by atoms with van der Waals surface area (Å²) in [6.07, 6.45) is 2.51. The fourth-order valence-electron chi connectivity index (χ4n) is 2.13. The summed E-state index contributed by atoms with van der Waals surface area (Å²) in [5, 5.41) is 3.36. The predicted molar refractivity (Wildman–Crippen MR) is 62.1 cm³/mol. The van der Waals surface area contributed by atoms with Crippen LogP contribution in [-0.2, 0) is 0 Å². The van der Waals surface area contributed by atoms with E-state index >= 15 is 0 Å². The molecule has 88 valence electrons. The van der Waals surface area contributed by atoms with Gasteiger partial charge in [0, 0.05) is 18.5 Å². The van der Waals surface area contributed by atoms with E-state index in [0.717, 1.165) is 13.1 Å². The van der Waals surface area contributed by atoms with E-state index in [9.17, 15) is 4.39 Å². The van der Waals surface area contributed by atoms with Crippen molar-refractivity contribution in [3.63, 3.8) is 0 Å². The second-order valence-corrected chi connectivity index (χ2v) is 4.39. The lowest BCUT2D eigenvalue weighted by molar-refractivity contribution is 0.131. The summed E-state index contributed by atoms with van der Waals surface area (Å²) >= 11 is 0. The lowest BCUT2D eigenvalue weighted by Crippen LogP contribution is -2.37. The molecule has 1 aromatic carbocycles. The van der Waals surface area contributed by atoms with E-state index in [0.29, 0.717) is 11.7 Å². The minimum absolute atomic E-state index is 0.134. The van der Waals surface area contributed by atoms with Crippen LogP contribution in [0.1, 0.15) is 19.8 Å². The second kappa shape index (κ2) is 5.30. The summed E-state index contributed by atoms with van der Waals surface area (Å²) in [4.78, 5) is 0. The number of nitrogens with one attached hydrogen (secondary N) is 1. The Morgan fingerprint density at radius 2 is 2.38 bits per heavy atom. The smallest absolute Gasteiger partial charge is 0.126 e. The van der Waals surface area contributed by atoms with Crippen LogP contribution in [0.2, 0.25) is 0 Å². The van der Waals surface area contributed by atoms with Gasteiger partial charge in [-0.1, -0.05) is 6.07 Å². The van der Waals surface area contributed by atoms with Crippen LogP contribution >= 0.6 is 0 Å². The van der Waals surface area contributed by atoms with Gasteiger partial charge < -0.3 is 10.1 Å². The third-order valence-electron chi connectivity index (χ3n) is 3.12. The summed E-state index contributed by atoms with van der Waals surface area (Å²) in [6.45, 7) is 4.15. The topological polar surface area (TPSA) is 21.3 Å². The van der Waals surface area contributed by atoms with Crippen LogP contribution in [0.3, 0.4) is 0 Å². The molecule has 1 fully saturated rings. The maximum Gasteiger partial charge on any atom is 0.126 e. The van der Waals surface area contributed by atoms with Crippen molar-refractivity contribution in [2.45, 2.75) is 25.9 Å². The molecular weight excluding hydrogens is 205 g/mol. The Balaban J connectivity index is 1.93. The molecule has 3 heteroatoms. The van der Waals surface area contributed by atoms with E-state index in [1.807, 2.05) is 0 Å². The minimum Gasteiger partial charge on any atom is -0.490 e. The molecular formula is C13H18FNO. The summed E-state index contributed by atoms with van der Waals surface area (Å²) in [7, 11) is 0. The Labute approximate surface area is 95.8 Å². The largest absolute Gasteiger partial charge is 0.490 e. The highest BCUT2D eigenvalue weighted by Gasteiger charge is 2.21. The van der Waals surface area contributed by atoms with Crippen molar-refractivity contribution < 1.29 is 9.13 Å². The minimum atomic E-state index is -0.244. The maximum absolute atomic E-state index is 13.0. The molecule has 1 saturated heterocycles. The Kier molecular flexibility index (Phi) is 3.78. The average molecular weight is 223 g/mol. The average Bonchev–Trinajstić information content (AvgIpc) is 2.30. The van der Waals surface area contributed by atoms with Crippen LogP contribution in [-0.4, -0.2) is 19.2 Å². The fourth-order valence-corrected chi connectivity index (χ4v) is 2.13. The van der Waals surface area contributed by atoms with Crippen molar-refractivity contribution in [2.24, 2.45) is 5.92 Å². The number of hydrogen-bond donors (Lipinski definition) is 1. The molecule has 1 aliphatic heterocycles. The van der Waals surface area contributed by atoms with Gasteiger partial charge in [-0.25, -0.2) is 4.39 Å². The van der Waals surface area contributed by atoms with Gasteiger partial charge in [-0.05, 0) is 38.4 Å². The van der Waals surface area contributed by atoms with E-state index < -0.39 is 0 Å². The SMILES string of the molecule is CC(Oc1cccc(F)c1)C1CCCNC1. The highest BCUT2D eigenvalue weighted by Crippen LogP contribution is 2.20. The number of ether oxygens (including phenoxy) is 1. The Bertz CT molecular complexity index is 336. The molecule has 0 radical (unpaired) electrons. The molecule has 1 heterocycles. The Morgan fingerprint density at radius 1 is 1.50 bits per heavy atom. The van der Waals surface area contributed by atoms with Crippen molar-refractivity contribution in [3.05, 3.63) is 30.1 Å². The van der Waals surface area contributed by atoms with Crippen LogP contribution in [0, 0.1) is 11.7 Å². The summed E-state index contributed by atoms with van der Waals surface area (Å²) in [5.74, 6) is 0.904. The molecule has 1 aliphatic rings.